The maximum absolute atomic E-state index is 13.1. The van der Waals surface area contributed by atoms with Crippen LogP contribution in [0.15, 0.2) is 24.5 Å². The summed E-state index contributed by atoms with van der Waals surface area (Å²) in [5.74, 6) is 0.149. The number of fused-ring (bicyclic) bond motifs is 1. The number of nitrogens with zero attached hydrogens (tertiary/aromatic N) is 3. The normalized spacial score (nSPS) is 27.3. The lowest BCUT2D eigenvalue weighted by Gasteiger charge is -2.33. The zero-order valence-electron chi connectivity index (χ0n) is 16.8. The van der Waals surface area contributed by atoms with E-state index in [9.17, 15) is 18.0 Å². The molecule has 2 unspecified atom stereocenters. The van der Waals surface area contributed by atoms with Crippen LogP contribution in [0.5, 0.6) is 0 Å². The highest BCUT2D eigenvalue weighted by Crippen LogP contribution is 2.34. The number of rotatable bonds is 3. The van der Waals surface area contributed by atoms with Gasteiger partial charge in [-0.1, -0.05) is 0 Å². The van der Waals surface area contributed by atoms with E-state index in [1.807, 2.05) is 17.2 Å². The molecule has 160 valence electrons. The number of H-pyrrole nitrogens is 1. The van der Waals surface area contributed by atoms with Gasteiger partial charge in [-0.25, -0.2) is 13.4 Å². The van der Waals surface area contributed by atoms with Gasteiger partial charge in [0.1, 0.15) is 5.65 Å². The second-order valence-electron chi connectivity index (χ2n) is 8.75. The van der Waals surface area contributed by atoms with Crippen LogP contribution >= 0.6 is 0 Å². The summed E-state index contributed by atoms with van der Waals surface area (Å²) in [6.07, 6.45) is 6.26. The molecule has 2 aromatic heterocycles. The average Bonchev–Trinajstić information content (AvgIpc) is 3.44. The van der Waals surface area contributed by atoms with Crippen LogP contribution in [0, 0.1) is 5.92 Å². The molecule has 3 fully saturated rings. The molecule has 2 amide bonds. The molecule has 30 heavy (non-hydrogen) atoms. The zero-order chi connectivity index (χ0) is 20.9. The molecule has 2 atom stereocenters. The van der Waals surface area contributed by atoms with Crippen LogP contribution in [0.1, 0.15) is 37.2 Å². The molecule has 3 aliphatic rings. The maximum atomic E-state index is 13.1. The Kier molecular flexibility index (Phi) is 4.80. The van der Waals surface area contributed by atoms with Crippen LogP contribution < -0.4 is 0 Å². The number of amides is 2. The minimum Gasteiger partial charge on any atom is -0.346 e. The molecule has 0 bridgehead atoms. The Morgan fingerprint density at radius 2 is 2.00 bits per heavy atom. The molecule has 0 aromatic carbocycles. The van der Waals surface area contributed by atoms with Crippen LogP contribution in [-0.2, 0) is 19.4 Å². The van der Waals surface area contributed by atoms with Gasteiger partial charge < -0.3 is 14.8 Å². The number of likely N-dealkylation sites (tertiary alicyclic amines) is 2. The second-order valence-corrected chi connectivity index (χ2v) is 11.0. The Balaban J connectivity index is 1.20. The summed E-state index contributed by atoms with van der Waals surface area (Å²) in [7, 11) is -3.05. The van der Waals surface area contributed by atoms with Crippen LogP contribution in [0.4, 0.5) is 0 Å². The first-order valence-electron chi connectivity index (χ1n) is 10.6. The van der Waals surface area contributed by atoms with Crippen molar-refractivity contribution in [1.82, 2.24) is 19.8 Å². The Labute approximate surface area is 175 Å². The third-order valence-electron chi connectivity index (χ3n) is 6.89. The van der Waals surface area contributed by atoms with Gasteiger partial charge >= 0.3 is 0 Å². The van der Waals surface area contributed by atoms with Crippen LogP contribution in [-0.4, -0.2) is 77.2 Å². The van der Waals surface area contributed by atoms with Crippen LogP contribution in [0.25, 0.3) is 11.0 Å². The van der Waals surface area contributed by atoms with Gasteiger partial charge in [-0.05, 0) is 42.9 Å². The van der Waals surface area contributed by atoms with Crippen LogP contribution in [0.3, 0.4) is 0 Å². The van der Waals surface area contributed by atoms with Gasteiger partial charge in [-0.2, -0.15) is 0 Å². The molecular weight excluding hydrogens is 404 g/mol. The summed E-state index contributed by atoms with van der Waals surface area (Å²) in [6.45, 7) is 1.71. The zero-order valence-corrected chi connectivity index (χ0v) is 17.6. The van der Waals surface area contributed by atoms with E-state index < -0.39 is 9.84 Å². The number of pyridine rings is 1. The van der Waals surface area contributed by atoms with Crippen molar-refractivity contribution in [3.05, 3.63) is 30.1 Å². The smallest absolute Gasteiger partial charge is 0.227 e. The van der Waals surface area contributed by atoms with Crippen molar-refractivity contribution >= 4 is 32.7 Å². The molecule has 2 aromatic rings. The monoisotopic (exact) mass is 430 g/mol. The van der Waals surface area contributed by atoms with Crippen LogP contribution in [0.2, 0.25) is 0 Å². The second kappa shape index (κ2) is 7.37. The third kappa shape index (κ3) is 3.49. The molecule has 8 nitrogen and oxygen atoms in total. The van der Waals surface area contributed by atoms with Gasteiger partial charge in [-0.3, -0.25) is 9.59 Å². The lowest BCUT2D eigenvalue weighted by atomic mass is 9.89. The highest BCUT2D eigenvalue weighted by molar-refractivity contribution is 7.91. The first-order chi connectivity index (χ1) is 14.4. The van der Waals surface area contributed by atoms with Crippen molar-refractivity contribution in [2.45, 2.75) is 37.6 Å². The molecule has 0 spiro atoms. The maximum Gasteiger partial charge on any atom is 0.227 e. The van der Waals surface area contributed by atoms with E-state index >= 15 is 0 Å². The molecule has 9 heteroatoms. The predicted octanol–water partition coefficient (Wildman–Crippen LogP) is 1.30. The van der Waals surface area contributed by atoms with E-state index in [-0.39, 0.29) is 41.7 Å². The summed E-state index contributed by atoms with van der Waals surface area (Å²) in [5.41, 5.74) is 2.15. The quantitative estimate of drug-likeness (QED) is 0.791. The summed E-state index contributed by atoms with van der Waals surface area (Å²) in [6, 6.07) is 3.76. The Morgan fingerprint density at radius 1 is 1.20 bits per heavy atom. The number of piperidine rings is 1. The van der Waals surface area contributed by atoms with Crippen molar-refractivity contribution in [3.8, 4) is 0 Å². The predicted molar refractivity (Wildman–Crippen MR) is 112 cm³/mol. The number of nitrogens with one attached hydrogen (secondary N) is 1. The van der Waals surface area contributed by atoms with E-state index in [4.69, 9.17) is 0 Å². The van der Waals surface area contributed by atoms with Gasteiger partial charge in [0.15, 0.2) is 9.84 Å². The van der Waals surface area contributed by atoms with E-state index in [0.29, 0.717) is 32.0 Å². The van der Waals surface area contributed by atoms with Crippen molar-refractivity contribution in [1.29, 1.82) is 0 Å². The first kappa shape index (κ1) is 19.5. The lowest BCUT2D eigenvalue weighted by molar-refractivity contribution is -0.136. The Morgan fingerprint density at radius 3 is 2.73 bits per heavy atom. The molecule has 0 radical (unpaired) electrons. The summed E-state index contributed by atoms with van der Waals surface area (Å²) in [5, 5.41) is 1.14. The van der Waals surface area contributed by atoms with Gasteiger partial charge in [-0.15, -0.1) is 0 Å². The number of hydrogen-bond donors (Lipinski definition) is 1. The fourth-order valence-corrected chi connectivity index (χ4v) is 6.99. The van der Waals surface area contributed by atoms with Crippen molar-refractivity contribution < 1.29 is 18.0 Å². The number of aromatic nitrogens is 2. The van der Waals surface area contributed by atoms with E-state index in [0.717, 1.165) is 23.9 Å². The lowest BCUT2D eigenvalue weighted by Crippen LogP contribution is -2.43. The summed E-state index contributed by atoms with van der Waals surface area (Å²) in [4.78, 5) is 36.6. The number of carbonyl (C=O) groups excluding carboxylic acids is 2. The summed E-state index contributed by atoms with van der Waals surface area (Å²) < 4.78 is 23.5. The number of sulfone groups is 1. The topological polar surface area (TPSA) is 103 Å². The third-order valence-corrected chi connectivity index (χ3v) is 8.64. The standard InChI is InChI=1S/C21H26N4O4S/c26-19-10-15(12-25(19)16-5-9-30(28,29)13-16)21(27)24-7-3-14(4-8-24)18-11-23-20-17(18)2-1-6-22-20/h1-2,6,11,14-16H,3-5,7-10,12-13H2,(H,22,23). The minimum absolute atomic E-state index is 0.0323. The molecule has 3 saturated heterocycles. The van der Waals surface area contributed by atoms with Gasteiger partial charge in [0, 0.05) is 49.9 Å². The van der Waals surface area contributed by atoms with Crippen molar-refractivity contribution in [2.24, 2.45) is 5.92 Å². The van der Waals surface area contributed by atoms with Gasteiger partial charge in [0.25, 0.3) is 0 Å². The minimum atomic E-state index is -3.05. The van der Waals surface area contributed by atoms with E-state index in [2.05, 4.69) is 16.0 Å². The Bertz CT molecular complexity index is 1090. The number of aromatic amines is 1. The molecule has 0 saturated carbocycles. The molecule has 1 N–H and O–H groups in total. The Hall–Kier alpha value is -2.42. The van der Waals surface area contributed by atoms with E-state index in [1.165, 1.54) is 5.56 Å². The molecule has 5 rings (SSSR count). The van der Waals surface area contributed by atoms with Crippen molar-refractivity contribution in [3.63, 3.8) is 0 Å². The highest BCUT2D eigenvalue weighted by Gasteiger charge is 2.43. The number of carbonyl (C=O) groups is 2. The largest absolute Gasteiger partial charge is 0.346 e. The van der Waals surface area contributed by atoms with Gasteiger partial charge in [0.05, 0.1) is 17.4 Å². The molecule has 3 aliphatic heterocycles. The highest BCUT2D eigenvalue weighted by atomic mass is 32.2. The molecular formula is C21H26N4O4S. The fourth-order valence-electron chi connectivity index (χ4n) is 5.26. The van der Waals surface area contributed by atoms with E-state index in [1.54, 1.807) is 11.1 Å². The molecule has 0 aliphatic carbocycles. The fraction of sp³-hybridized carbons (Fsp3) is 0.571. The van der Waals surface area contributed by atoms with Gasteiger partial charge in [0.2, 0.25) is 11.8 Å². The number of hydrogen-bond acceptors (Lipinski definition) is 5. The van der Waals surface area contributed by atoms with Crippen molar-refractivity contribution in [2.75, 3.05) is 31.1 Å². The molecule has 5 heterocycles. The average molecular weight is 431 g/mol. The first-order valence-corrected chi connectivity index (χ1v) is 12.4. The SMILES string of the molecule is O=C(C1CC(=O)N(C2CCS(=O)(=O)C2)C1)N1CCC(c2c[nH]c3ncccc23)CC1. The summed E-state index contributed by atoms with van der Waals surface area (Å²) >= 11 is 0.